The zero-order valence-corrected chi connectivity index (χ0v) is 23.2. The Hall–Kier alpha value is -3.27. The smallest absolute Gasteiger partial charge is 0.311 e. The Labute approximate surface area is 237 Å². The number of allylic oxidation sites excluding steroid dienone is 2. The Balaban J connectivity index is 1.08. The molecule has 1 aromatic carbocycles. The molecule has 6 aliphatic rings. The van der Waals surface area contributed by atoms with Crippen molar-refractivity contribution in [3.63, 3.8) is 0 Å². The number of amides is 3. The molecule has 1 aromatic rings. The minimum Gasteiger partial charge on any atom is -0.457 e. The van der Waals surface area contributed by atoms with Gasteiger partial charge in [0.05, 0.1) is 17.1 Å². The number of nitrogens with two attached hydrogens (primary N) is 1. The van der Waals surface area contributed by atoms with Crippen LogP contribution in [-0.4, -0.2) is 59.6 Å². The highest BCUT2D eigenvalue weighted by molar-refractivity contribution is 6.33. The van der Waals surface area contributed by atoms with Crippen LogP contribution in [0.1, 0.15) is 68.6 Å². The molecule has 2 aliphatic heterocycles. The van der Waals surface area contributed by atoms with E-state index in [1.807, 2.05) is 0 Å². The average Bonchev–Trinajstić information content (AvgIpc) is 3.53. The molecule has 6 atom stereocenters. The molecule has 40 heavy (non-hydrogen) atoms. The molecule has 0 spiro atoms. The van der Waals surface area contributed by atoms with Crippen LogP contribution in [0.5, 0.6) is 0 Å². The molecule has 0 aromatic heterocycles. The summed E-state index contributed by atoms with van der Waals surface area (Å²) in [5.41, 5.74) is 7.70. The van der Waals surface area contributed by atoms with E-state index >= 15 is 0 Å². The van der Waals surface area contributed by atoms with Crippen LogP contribution in [0.4, 0.5) is 5.69 Å². The Bertz CT molecular complexity index is 1270. The lowest BCUT2D eigenvalue weighted by Crippen LogP contribution is -2.54. The fourth-order valence-corrected chi connectivity index (χ4v) is 7.47. The summed E-state index contributed by atoms with van der Waals surface area (Å²) in [6.07, 6.45) is 5.94. The van der Waals surface area contributed by atoms with Gasteiger partial charge in [0.15, 0.2) is 0 Å². The van der Waals surface area contributed by atoms with Crippen LogP contribution < -0.4 is 16.4 Å². The minimum atomic E-state index is -0.869. The molecule has 3 amide bonds. The van der Waals surface area contributed by atoms with E-state index in [9.17, 15) is 19.2 Å². The summed E-state index contributed by atoms with van der Waals surface area (Å²) < 4.78 is 11.8. The van der Waals surface area contributed by atoms with Crippen molar-refractivity contribution in [2.75, 3.05) is 12.3 Å². The van der Waals surface area contributed by atoms with E-state index in [4.69, 9.17) is 26.8 Å². The van der Waals surface area contributed by atoms with Gasteiger partial charge in [0.2, 0.25) is 11.8 Å². The Morgan fingerprint density at radius 1 is 1.15 bits per heavy atom. The second-order valence-corrected chi connectivity index (χ2v) is 12.3. The molecule has 7 rings (SSSR count). The van der Waals surface area contributed by atoms with Crippen molar-refractivity contribution in [1.82, 2.24) is 15.5 Å². The van der Waals surface area contributed by atoms with Gasteiger partial charge in [-0.3, -0.25) is 19.2 Å². The molecule has 4 bridgehead atoms. The third kappa shape index (κ3) is 5.13. The van der Waals surface area contributed by atoms with E-state index in [1.54, 1.807) is 6.92 Å². The van der Waals surface area contributed by atoms with E-state index < -0.39 is 36.3 Å². The predicted molar refractivity (Wildman–Crippen MR) is 146 cm³/mol. The van der Waals surface area contributed by atoms with Crippen molar-refractivity contribution < 1.29 is 28.7 Å². The fraction of sp³-hybridized carbons (Fsp3) is 0.586. The van der Waals surface area contributed by atoms with Crippen molar-refractivity contribution in [3.8, 4) is 0 Å². The quantitative estimate of drug-likeness (QED) is 0.338. The van der Waals surface area contributed by atoms with Gasteiger partial charge in [-0.15, -0.1) is 0 Å². The van der Waals surface area contributed by atoms with E-state index in [0.717, 1.165) is 43.3 Å². The van der Waals surface area contributed by atoms with Crippen LogP contribution in [0.3, 0.4) is 0 Å². The molecule has 0 radical (unpaired) electrons. The number of carbonyl (C=O) groups excluding carboxylic acids is 4. The van der Waals surface area contributed by atoms with Crippen molar-refractivity contribution in [1.29, 1.82) is 0 Å². The number of carbonyl (C=O) groups is 4. The summed E-state index contributed by atoms with van der Waals surface area (Å²) in [5.74, 6) is 1.23. The van der Waals surface area contributed by atoms with Gasteiger partial charge in [-0.1, -0.05) is 11.6 Å². The molecule has 214 valence electrons. The Kier molecular flexibility index (Phi) is 7.14. The number of benzene rings is 1. The molecule has 10 nitrogen and oxygen atoms in total. The number of nitrogens with one attached hydrogen (secondary N) is 2. The Morgan fingerprint density at radius 2 is 1.90 bits per heavy atom. The normalized spacial score (nSPS) is 31.2. The number of esters is 1. The van der Waals surface area contributed by atoms with Crippen molar-refractivity contribution >= 4 is 41.0 Å². The van der Waals surface area contributed by atoms with E-state index in [1.165, 1.54) is 35.1 Å². The number of nitrogens with zero attached hydrogens (tertiary/aromatic N) is 1. The van der Waals surface area contributed by atoms with Crippen molar-refractivity contribution in [2.24, 2.45) is 17.8 Å². The molecule has 4 N–H and O–H groups in total. The van der Waals surface area contributed by atoms with Crippen molar-refractivity contribution in [2.45, 2.75) is 82.7 Å². The number of halogens is 1. The van der Waals surface area contributed by atoms with Crippen LogP contribution in [0.15, 0.2) is 29.5 Å². The van der Waals surface area contributed by atoms with Gasteiger partial charge in [-0.2, -0.15) is 0 Å². The van der Waals surface area contributed by atoms with Crippen LogP contribution in [0, 0.1) is 17.8 Å². The summed E-state index contributed by atoms with van der Waals surface area (Å²) in [6, 6.07) is 2.30. The van der Waals surface area contributed by atoms with E-state index in [2.05, 4.69) is 10.6 Å². The maximum absolute atomic E-state index is 13.4. The van der Waals surface area contributed by atoms with Crippen LogP contribution in [-0.2, 0) is 23.9 Å². The summed E-state index contributed by atoms with van der Waals surface area (Å²) in [4.78, 5) is 53.1. The zero-order valence-electron chi connectivity index (χ0n) is 22.5. The maximum Gasteiger partial charge on any atom is 0.311 e. The van der Waals surface area contributed by atoms with E-state index in [0.29, 0.717) is 31.0 Å². The summed E-state index contributed by atoms with van der Waals surface area (Å²) >= 11 is 6.02. The SMILES string of the molecule is C[C@H](NC(=O)c1ccc(N)c(Cl)c1)C(=O)N1CCC[C@H]1C(=O)N[C@H]1CC(=O)OC1OC1=C2CC3CC(C2)CC1C3. The lowest BCUT2D eigenvalue weighted by molar-refractivity contribution is -0.162. The molecular formula is C29H35ClN4O6. The van der Waals surface area contributed by atoms with Gasteiger partial charge >= 0.3 is 5.97 Å². The number of cyclic esters (lactones) is 1. The monoisotopic (exact) mass is 570 g/mol. The molecule has 11 heteroatoms. The molecular weight excluding hydrogens is 536 g/mol. The Morgan fingerprint density at radius 3 is 2.60 bits per heavy atom. The first-order valence-corrected chi connectivity index (χ1v) is 14.6. The second kappa shape index (κ2) is 10.6. The van der Waals surface area contributed by atoms with Gasteiger partial charge in [0, 0.05) is 18.0 Å². The number of hydrogen-bond donors (Lipinski definition) is 3. The number of hydrogen-bond acceptors (Lipinski definition) is 7. The summed E-state index contributed by atoms with van der Waals surface area (Å²) in [6.45, 7) is 1.98. The molecule has 2 saturated carbocycles. The van der Waals surface area contributed by atoms with Crippen molar-refractivity contribution in [3.05, 3.63) is 40.1 Å². The number of likely N-dealkylation sites (tertiary alicyclic amines) is 1. The second-order valence-electron chi connectivity index (χ2n) is 11.9. The highest BCUT2D eigenvalue weighted by atomic mass is 35.5. The largest absolute Gasteiger partial charge is 0.457 e. The number of nitrogen functional groups attached to an aromatic ring is 1. The molecule has 2 saturated heterocycles. The maximum atomic E-state index is 13.4. The van der Waals surface area contributed by atoms with Crippen LogP contribution >= 0.6 is 11.6 Å². The topological polar surface area (TPSA) is 140 Å². The number of ether oxygens (including phenoxy) is 2. The van der Waals surface area contributed by atoms with Gasteiger partial charge in [0.1, 0.15) is 23.9 Å². The predicted octanol–water partition coefficient (Wildman–Crippen LogP) is 2.90. The number of rotatable bonds is 7. The van der Waals surface area contributed by atoms with Gasteiger partial charge in [0.25, 0.3) is 12.2 Å². The zero-order chi connectivity index (χ0) is 28.1. The molecule has 2 heterocycles. The van der Waals surface area contributed by atoms with Gasteiger partial charge in [-0.25, -0.2) is 0 Å². The average molecular weight is 571 g/mol. The van der Waals surface area contributed by atoms with Crippen LogP contribution in [0.2, 0.25) is 5.02 Å². The first kappa shape index (κ1) is 26.9. The highest BCUT2D eigenvalue weighted by Gasteiger charge is 2.47. The lowest BCUT2D eigenvalue weighted by atomic mass is 9.60. The van der Waals surface area contributed by atoms with Crippen LogP contribution in [0.25, 0.3) is 0 Å². The van der Waals surface area contributed by atoms with Gasteiger partial charge < -0.3 is 30.7 Å². The number of anilines is 1. The first-order chi connectivity index (χ1) is 19.2. The third-order valence-corrected chi connectivity index (χ3v) is 9.37. The van der Waals surface area contributed by atoms with E-state index in [-0.39, 0.29) is 28.8 Å². The highest BCUT2D eigenvalue weighted by Crippen LogP contribution is 2.54. The summed E-state index contributed by atoms with van der Waals surface area (Å²) in [7, 11) is 0. The van der Waals surface area contributed by atoms with Gasteiger partial charge in [-0.05, 0) is 87.5 Å². The standard InChI is InChI=1S/C29H35ClN4O6/c1-14(32-26(36)17-4-5-21(31)20(30)12-17)28(38)34-6-2-3-23(34)27(37)33-22-13-24(35)39-29(22)40-25-18-8-15-7-16(10-18)11-19(25)9-15/h4-5,12,14-16,18,22-23,29H,2-3,6-11,13,31H2,1H3,(H,32,36)(H,33,37)/t14-,15?,16?,18?,22-,23-,29?/m0/s1. The molecule has 4 aliphatic carbocycles. The lowest BCUT2D eigenvalue weighted by Gasteiger charge is -2.47. The molecule has 4 fully saturated rings. The fourth-order valence-electron chi connectivity index (χ4n) is 7.29. The minimum absolute atomic E-state index is 0.0201. The molecule has 3 unspecified atom stereocenters. The summed E-state index contributed by atoms with van der Waals surface area (Å²) in [5, 5.41) is 5.87. The third-order valence-electron chi connectivity index (χ3n) is 9.04. The first-order valence-electron chi connectivity index (χ1n) is 14.2.